The Morgan fingerprint density at radius 2 is 1.85 bits per heavy atom. The maximum atomic E-state index is 13.8. The number of rotatable bonds is 5. The van der Waals surface area contributed by atoms with Crippen molar-refractivity contribution in [1.29, 1.82) is 0 Å². The Bertz CT molecular complexity index is 771. The van der Waals surface area contributed by atoms with Gasteiger partial charge in [-0.15, -0.1) is 24.0 Å². The maximum Gasteiger partial charge on any atom is 0.191 e. The van der Waals surface area contributed by atoms with Crippen molar-refractivity contribution in [3.63, 3.8) is 0 Å². The van der Waals surface area contributed by atoms with Gasteiger partial charge in [-0.1, -0.05) is 6.07 Å². The van der Waals surface area contributed by atoms with E-state index >= 15 is 0 Å². The Balaban J connectivity index is 0.00000338. The van der Waals surface area contributed by atoms with Crippen molar-refractivity contribution in [1.82, 2.24) is 10.6 Å². The zero-order valence-electron chi connectivity index (χ0n) is 14.6. The highest BCUT2D eigenvalue weighted by Gasteiger charge is 2.12. The van der Waals surface area contributed by atoms with Crippen LogP contribution in [0.4, 0.5) is 13.2 Å². The van der Waals surface area contributed by atoms with Crippen LogP contribution in [-0.2, 0) is 6.54 Å². The van der Waals surface area contributed by atoms with Crippen LogP contribution < -0.4 is 15.4 Å². The molecule has 2 aromatic rings. The van der Waals surface area contributed by atoms with E-state index in [2.05, 4.69) is 15.6 Å². The topological polar surface area (TPSA) is 45.7 Å². The fourth-order valence-corrected chi connectivity index (χ4v) is 2.29. The molecule has 0 aromatic heterocycles. The molecule has 0 heterocycles. The van der Waals surface area contributed by atoms with Gasteiger partial charge in [0.25, 0.3) is 0 Å². The first-order chi connectivity index (χ1) is 11.9. The first-order valence-electron chi connectivity index (χ1n) is 7.69. The van der Waals surface area contributed by atoms with Gasteiger partial charge in [-0.25, -0.2) is 13.2 Å². The average molecular weight is 479 g/mol. The molecule has 0 aliphatic rings. The molecular weight excluding hydrogens is 458 g/mol. The molecule has 1 unspecified atom stereocenters. The Hall–Kier alpha value is -1.97. The number of ether oxygens (including phenoxy) is 1. The van der Waals surface area contributed by atoms with E-state index < -0.39 is 17.5 Å². The van der Waals surface area contributed by atoms with Crippen LogP contribution in [0.5, 0.6) is 5.75 Å². The molecule has 2 rings (SSSR count). The van der Waals surface area contributed by atoms with E-state index in [-0.39, 0.29) is 47.9 Å². The molecule has 0 aliphatic carbocycles. The first kappa shape index (κ1) is 22.1. The number of benzene rings is 2. The lowest BCUT2D eigenvalue weighted by molar-refractivity contribution is 0.386. The average Bonchev–Trinajstić information content (AvgIpc) is 2.60. The summed E-state index contributed by atoms with van der Waals surface area (Å²) in [7, 11) is 2.95. The minimum atomic E-state index is -0.511. The van der Waals surface area contributed by atoms with Crippen LogP contribution in [0.25, 0.3) is 0 Å². The molecular formula is C18H21F3IN3O. The van der Waals surface area contributed by atoms with Crippen molar-refractivity contribution in [2.45, 2.75) is 19.5 Å². The van der Waals surface area contributed by atoms with Crippen molar-refractivity contribution < 1.29 is 17.9 Å². The summed E-state index contributed by atoms with van der Waals surface area (Å²) in [4.78, 5) is 4.04. The van der Waals surface area contributed by atoms with Crippen molar-refractivity contribution in [3.8, 4) is 5.75 Å². The normalized spacial score (nSPS) is 12.2. The molecule has 0 fully saturated rings. The van der Waals surface area contributed by atoms with Crippen LogP contribution in [0, 0.1) is 17.5 Å². The number of hydrogen-bond donors (Lipinski definition) is 2. The molecule has 2 aromatic carbocycles. The van der Waals surface area contributed by atoms with Gasteiger partial charge in [0.1, 0.15) is 11.6 Å². The van der Waals surface area contributed by atoms with E-state index in [4.69, 9.17) is 4.74 Å². The SMILES string of the molecule is CN=C(NCc1cc(F)ccc1F)NC(C)c1ccc(OC)c(F)c1.I. The van der Waals surface area contributed by atoms with Crippen molar-refractivity contribution in [2.24, 2.45) is 4.99 Å². The largest absolute Gasteiger partial charge is 0.494 e. The molecule has 0 amide bonds. The third kappa shape index (κ3) is 5.79. The van der Waals surface area contributed by atoms with Crippen LogP contribution >= 0.6 is 24.0 Å². The van der Waals surface area contributed by atoms with Crippen molar-refractivity contribution in [2.75, 3.05) is 14.2 Å². The molecule has 26 heavy (non-hydrogen) atoms. The summed E-state index contributed by atoms with van der Waals surface area (Å²) in [6.45, 7) is 1.89. The van der Waals surface area contributed by atoms with Gasteiger partial charge < -0.3 is 15.4 Å². The number of nitrogens with one attached hydrogen (secondary N) is 2. The van der Waals surface area contributed by atoms with Crippen molar-refractivity contribution in [3.05, 3.63) is 65.0 Å². The van der Waals surface area contributed by atoms with Crippen molar-refractivity contribution >= 4 is 29.9 Å². The van der Waals surface area contributed by atoms with Crippen LogP contribution in [0.3, 0.4) is 0 Å². The van der Waals surface area contributed by atoms with Gasteiger partial charge in [0, 0.05) is 19.2 Å². The van der Waals surface area contributed by atoms with Crippen LogP contribution in [0.2, 0.25) is 0 Å². The van der Waals surface area contributed by atoms with Crippen LogP contribution in [0.1, 0.15) is 24.1 Å². The van der Waals surface area contributed by atoms with Gasteiger partial charge in [0.2, 0.25) is 0 Å². The molecule has 0 saturated heterocycles. The quantitative estimate of drug-likeness (QED) is 0.385. The summed E-state index contributed by atoms with van der Waals surface area (Å²) < 4.78 is 45.5. The number of nitrogens with zero attached hydrogens (tertiary/aromatic N) is 1. The molecule has 1 atom stereocenters. The van der Waals surface area contributed by atoms with E-state index in [1.54, 1.807) is 19.2 Å². The van der Waals surface area contributed by atoms with E-state index in [0.29, 0.717) is 11.5 Å². The number of halogens is 4. The minimum absolute atomic E-state index is 0. The lowest BCUT2D eigenvalue weighted by Gasteiger charge is -2.19. The van der Waals surface area contributed by atoms with Crippen LogP contribution in [-0.4, -0.2) is 20.1 Å². The number of guanidine groups is 1. The fourth-order valence-electron chi connectivity index (χ4n) is 2.29. The zero-order chi connectivity index (χ0) is 18.4. The first-order valence-corrected chi connectivity index (χ1v) is 7.69. The third-order valence-corrected chi connectivity index (χ3v) is 3.71. The predicted octanol–water partition coefficient (Wildman–Crippen LogP) is 4.16. The number of methoxy groups -OCH3 is 1. The molecule has 0 spiro atoms. The molecule has 142 valence electrons. The van der Waals surface area contributed by atoms with Gasteiger partial charge in [0.15, 0.2) is 17.5 Å². The molecule has 0 saturated carbocycles. The molecule has 0 bridgehead atoms. The lowest BCUT2D eigenvalue weighted by atomic mass is 10.1. The molecule has 0 radical (unpaired) electrons. The number of hydrogen-bond acceptors (Lipinski definition) is 2. The summed E-state index contributed by atoms with van der Waals surface area (Å²) in [5.41, 5.74) is 0.879. The van der Waals surface area contributed by atoms with E-state index in [0.717, 1.165) is 18.2 Å². The molecule has 2 N–H and O–H groups in total. The number of aliphatic imine (C=N–C) groups is 1. The Morgan fingerprint density at radius 1 is 1.12 bits per heavy atom. The molecule has 4 nitrogen and oxygen atoms in total. The summed E-state index contributed by atoms with van der Waals surface area (Å²) in [5, 5.41) is 5.97. The van der Waals surface area contributed by atoms with Gasteiger partial charge in [-0.3, -0.25) is 4.99 Å². The maximum absolute atomic E-state index is 13.8. The Morgan fingerprint density at radius 3 is 2.46 bits per heavy atom. The Kier molecular flexibility index (Phi) is 8.70. The summed E-state index contributed by atoms with van der Waals surface area (Å²) in [6, 6.07) is 7.65. The highest BCUT2D eigenvalue weighted by molar-refractivity contribution is 14.0. The Labute approximate surface area is 167 Å². The smallest absolute Gasteiger partial charge is 0.191 e. The van der Waals surface area contributed by atoms with Gasteiger partial charge in [0.05, 0.1) is 13.2 Å². The predicted molar refractivity (Wildman–Crippen MR) is 106 cm³/mol. The van der Waals surface area contributed by atoms with E-state index in [9.17, 15) is 13.2 Å². The lowest BCUT2D eigenvalue weighted by Crippen LogP contribution is -2.38. The minimum Gasteiger partial charge on any atom is -0.494 e. The van der Waals surface area contributed by atoms with Crippen LogP contribution in [0.15, 0.2) is 41.4 Å². The second-order valence-corrected chi connectivity index (χ2v) is 5.42. The van der Waals surface area contributed by atoms with Gasteiger partial charge >= 0.3 is 0 Å². The monoisotopic (exact) mass is 479 g/mol. The third-order valence-electron chi connectivity index (χ3n) is 3.71. The summed E-state index contributed by atoms with van der Waals surface area (Å²) >= 11 is 0. The fraction of sp³-hybridized carbons (Fsp3) is 0.278. The summed E-state index contributed by atoms with van der Waals surface area (Å²) in [5.74, 6) is -0.927. The molecule has 0 aliphatic heterocycles. The molecule has 8 heteroatoms. The van der Waals surface area contributed by atoms with Gasteiger partial charge in [-0.2, -0.15) is 0 Å². The second kappa shape index (κ2) is 10.2. The van der Waals surface area contributed by atoms with E-state index in [1.807, 2.05) is 6.92 Å². The standard InChI is InChI=1S/C18H20F3N3O.HI/c1-11(12-4-7-17(25-3)16(21)9-12)24-18(22-2)23-10-13-8-14(19)5-6-15(13)20;/h4-9,11H,10H2,1-3H3,(H2,22,23,24);1H. The van der Waals surface area contributed by atoms with Gasteiger partial charge in [-0.05, 0) is 42.8 Å². The van der Waals surface area contributed by atoms with E-state index in [1.165, 1.54) is 13.2 Å². The highest BCUT2D eigenvalue weighted by Crippen LogP contribution is 2.21. The highest BCUT2D eigenvalue weighted by atomic mass is 127. The zero-order valence-corrected chi connectivity index (χ0v) is 17.0. The summed E-state index contributed by atoms with van der Waals surface area (Å²) in [6.07, 6.45) is 0. The second-order valence-electron chi connectivity index (χ2n) is 5.42.